The average Bonchev–Trinajstić information content (AvgIpc) is 2.66. The van der Waals surface area contributed by atoms with Crippen LogP contribution in [0.4, 0.5) is 0 Å². The first kappa shape index (κ1) is 12.9. The summed E-state index contributed by atoms with van der Waals surface area (Å²) in [5.41, 5.74) is 0. The van der Waals surface area contributed by atoms with Crippen molar-refractivity contribution in [2.45, 2.75) is 51.4 Å². The molecule has 98 valence electrons. The summed E-state index contributed by atoms with van der Waals surface area (Å²) in [5, 5.41) is 3.42. The van der Waals surface area contributed by atoms with Gasteiger partial charge in [-0.3, -0.25) is 4.79 Å². The van der Waals surface area contributed by atoms with E-state index < -0.39 is 0 Å². The molecule has 0 spiro atoms. The zero-order chi connectivity index (χ0) is 11.9. The Morgan fingerprint density at radius 3 is 2.53 bits per heavy atom. The molecule has 1 N–H and O–H groups in total. The van der Waals surface area contributed by atoms with Crippen LogP contribution < -0.4 is 5.32 Å². The normalized spacial score (nSPS) is 26.6. The molecule has 3 nitrogen and oxygen atoms in total. The third-order valence-electron chi connectivity index (χ3n) is 4.12. The Hall–Kier alpha value is -0.570. The lowest BCUT2D eigenvalue weighted by molar-refractivity contribution is -0.131. The van der Waals surface area contributed by atoms with Crippen LogP contribution in [0.1, 0.15) is 51.4 Å². The molecule has 2 aliphatic heterocycles. The predicted octanol–water partition coefficient (Wildman–Crippen LogP) is 2.17. The summed E-state index contributed by atoms with van der Waals surface area (Å²) in [7, 11) is 0. The standard InChI is InChI=1S/C14H26N2O/c17-14(16-10-3-1-2-4-11-16)8-7-13-6-5-9-15-12-13/h13,15H,1-12H2/t13-/m0/s1. The van der Waals surface area contributed by atoms with Crippen LogP contribution in [0.3, 0.4) is 0 Å². The Labute approximate surface area is 105 Å². The number of nitrogens with one attached hydrogen (secondary N) is 1. The van der Waals surface area contributed by atoms with Crippen molar-refractivity contribution in [2.75, 3.05) is 26.2 Å². The van der Waals surface area contributed by atoms with Gasteiger partial charge in [0.05, 0.1) is 0 Å². The topological polar surface area (TPSA) is 32.3 Å². The molecule has 3 heteroatoms. The van der Waals surface area contributed by atoms with Crippen molar-refractivity contribution < 1.29 is 4.79 Å². The van der Waals surface area contributed by atoms with Gasteiger partial charge in [0.1, 0.15) is 0 Å². The lowest BCUT2D eigenvalue weighted by atomic mass is 9.94. The van der Waals surface area contributed by atoms with E-state index in [9.17, 15) is 4.79 Å². The van der Waals surface area contributed by atoms with Gasteiger partial charge < -0.3 is 10.2 Å². The van der Waals surface area contributed by atoms with Crippen LogP contribution >= 0.6 is 0 Å². The molecule has 1 amide bonds. The Morgan fingerprint density at radius 2 is 1.88 bits per heavy atom. The highest BCUT2D eigenvalue weighted by molar-refractivity contribution is 5.76. The molecule has 2 aliphatic rings. The molecule has 0 aliphatic carbocycles. The number of hydrogen-bond acceptors (Lipinski definition) is 2. The van der Waals surface area contributed by atoms with E-state index in [1.807, 2.05) is 0 Å². The Morgan fingerprint density at radius 1 is 1.12 bits per heavy atom. The van der Waals surface area contributed by atoms with Crippen molar-refractivity contribution in [3.05, 3.63) is 0 Å². The predicted molar refractivity (Wildman–Crippen MR) is 69.9 cm³/mol. The number of likely N-dealkylation sites (tertiary alicyclic amines) is 1. The van der Waals surface area contributed by atoms with Gasteiger partial charge in [-0.1, -0.05) is 12.8 Å². The lowest BCUT2D eigenvalue weighted by Gasteiger charge is -2.24. The molecule has 1 atom stereocenters. The molecule has 2 fully saturated rings. The number of hydrogen-bond donors (Lipinski definition) is 1. The Balaban J connectivity index is 1.68. The first-order valence-electron chi connectivity index (χ1n) is 7.35. The van der Waals surface area contributed by atoms with Crippen molar-refractivity contribution in [2.24, 2.45) is 5.92 Å². The van der Waals surface area contributed by atoms with Crippen molar-refractivity contribution in [3.8, 4) is 0 Å². The summed E-state index contributed by atoms with van der Waals surface area (Å²) in [4.78, 5) is 14.2. The highest BCUT2D eigenvalue weighted by Gasteiger charge is 2.18. The number of rotatable bonds is 3. The van der Waals surface area contributed by atoms with Gasteiger partial charge >= 0.3 is 0 Å². The minimum Gasteiger partial charge on any atom is -0.343 e. The van der Waals surface area contributed by atoms with Gasteiger partial charge in [0.2, 0.25) is 5.91 Å². The molecule has 0 bridgehead atoms. The molecular formula is C14H26N2O. The molecule has 0 radical (unpaired) electrons. The SMILES string of the molecule is O=C(CC[C@@H]1CCCNC1)N1CCCCCC1. The molecule has 17 heavy (non-hydrogen) atoms. The molecule has 0 aromatic carbocycles. The minimum atomic E-state index is 0.400. The number of amides is 1. The van der Waals surface area contributed by atoms with Crippen LogP contribution in [0.2, 0.25) is 0 Å². The quantitative estimate of drug-likeness (QED) is 0.817. The first-order chi connectivity index (χ1) is 8.36. The fourth-order valence-corrected chi connectivity index (χ4v) is 2.98. The third-order valence-corrected chi connectivity index (χ3v) is 4.12. The maximum Gasteiger partial charge on any atom is 0.222 e. The van der Waals surface area contributed by atoms with Gasteiger partial charge in [-0.25, -0.2) is 0 Å². The van der Waals surface area contributed by atoms with E-state index in [0.717, 1.165) is 44.9 Å². The number of nitrogens with zero attached hydrogens (tertiary/aromatic N) is 1. The number of carbonyl (C=O) groups excluding carboxylic acids is 1. The van der Waals surface area contributed by atoms with Crippen LogP contribution in [-0.4, -0.2) is 37.0 Å². The maximum absolute atomic E-state index is 12.1. The van der Waals surface area contributed by atoms with E-state index >= 15 is 0 Å². The molecule has 0 unspecified atom stereocenters. The van der Waals surface area contributed by atoms with Crippen molar-refractivity contribution >= 4 is 5.91 Å². The monoisotopic (exact) mass is 238 g/mol. The second kappa shape index (κ2) is 7.00. The summed E-state index contributed by atoms with van der Waals surface area (Å²) >= 11 is 0. The maximum atomic E-state index is 12.1. The zero-order valence-electron chi connectivity index (χ0n) is 10.9. The van der Waals surface area contributed by atoms with Crippen LogP contribution in [0.5, 0.6) is 0 Å². The Kier molecular flexibility index (Phi) is 5.30. The van der Waals surface area contributed by atoms with Gasteiger partial charge in [-0.15, -0.1) is 0 Å². The molecular weight excluding hydrogens is 212 g/mol. The molecule has 0 saturated carbocycles. The number of piperidine rings is 1. The van der Waals surface area contributed by atoms with Gasteiger partial charge in [0, 0.05) is 19.5 Å². The van der Waals surface area contributed by atoms with Crippen molar-refractivity contribution in [1.82, 2.24) is 10.2 Å². The minimum absolute atomic E-state index is 0.400. The fourth-order valence-electron chi connectivity index (χ4n) is 2.98. The molecule has 0 aromatic heterocycles. The number of carbonyl (C=O) groups is 1. The van der Waals surface area contributed by atoms with Gasteiger partial charge in [0.15, 0.2) is 0 Å². The highest BCUT2D eigenvalue weighted by Crippen LogP contribution is 2.18. The van der Waals surface area contributed by atoms with Crippen molar-refractivity contribution in [1.29, 1.82) is 0 Å². The van der Waals surface area contributed by atoms with E-state index in [-0.39, 0.29) is 0 Å². The van der Waals surface area contributed by atoms with E-state index in [1.165, 1.54) is 38.5 Å². The van der Waals surface area contributed by atoms with E-state index in [4.69, 9.17) is 0 Å². The van der Waals surface area contributed by atoms with Crippen LogP contribution in [-0.2, 0) is 4.79 Å². The fraction of sp³-hybridized carbons (Fsp3) is 0.929. The van der Waals surface area contributed by atoms with Crippen molar-refractivity contribution in [3.63, 3.8) is 0 Å². The largest absolute Gasteiger partial charge is 0.343 e. The molecule has 2 saturated heterocycles. The van der Waals surface area contributed by atoms with Crippen LogP contribution in [0.25, 0.3) is 0 Å². The smallest absolute Gasteiger partial charge is 0.222 e. The summed E-state index contributed by atoms with van der Waals surface area (Å²) in [6, 6.07) is 0. The van der Waals surface area contributed by atoms with Gasteiger partial charge in [-0.05, 0) is 51.1 Å². The lowest BCUT2D eigenvalue weighted by Crippen LogP contribution is -2.34. The third kappa shape index (κ3) is 4.30. The van der Waals surface area contributed by atoms with Gasteiger partial charge in [0.25, 0.3) is 0 Å². The van der Waals surface area contributed by atoms with E-state index in [0.29, 0.717) is 5.91 Å². The van der Waals surface area contributed by atoms with Crippen LogP contribution in [0, 0.1) is 5.92 Å². The second-order valence-corrected chi connectivity index (χ2v) is 5.55. The first-order valence-corrected chi connectivity index (χ1v) is 7.35. The van der Waals surface area contributed by atoms with Gasteiger partial charge in [-0.2, -0.15) is 0 Å². The van der Waals surface area contributed by atoms with Crippen LogP contribution in [0.15, 0.2) is 0 Å². The molecule has 2 heterocycles. The summed E-state index contributed by atoms with van der Waals surface area (Å²) in [5.74, 6) is 1.14. The van der Waals surface area contributed by atoms with E-state index in [2.05, 4.69) is 10.2 Å². The Bertz CT molecular complexity index is 228. The molecule has 0 aromatic rings. The second-order valence-electron chi connectivity index (χ2n) is 5.55. The molecule has 2 rings (SSSR count). The average molecular weight is 238 g/mol. The zero-order valence-corrected chi connectivity index (χ0v) is 10.9. The van der Waals surface area contributed by atoms with E-state index in [1.54, 1.807) is 0 Å². The summed E-state index contributed by atoms with van der Waals surface area (Å²) < 4.78 is 0. The highest BCUT2D eigenvalue weighted by atomic mass is 16.2. The summed E-state index contributed by atoms with van der Waals surface area (Å²) in [6.07, 6.45) is 9.46. The summed E-state index contributed by atoms with van der Waals surface area (Å²) in [6.45, 7) is 4.29.